The molecule has 0 radical (unpaired) electrons. The van der Waals surface area contributed by atoms with Crippen molar-refractivity contribution in [3.63, 3.8) is 0 Å². The van der Waals surface area contributed by atoms with Crippen molar-refractivity contribution in [2.45, 2.75) is 6.42 Å². The SMILES string of the molecule is COC(=O)C1CC1C(=O)Nc1ccc(C(=O)Nc2cccnc2)cc1. The normalized spacial score (nSPS) is 18.1. The minimum absolute atomic E-state index is 0.219. The van der Waals surface area contributed by atoms with Crippen LogP contribution in [0, 0.1) is 11.8 Å². The molecular formula is C18H17N3O4. The zero-order valence-corrected chi connectivity index (χ0v) is 13.6. The smallest absolute Gasteiger partial charge is 0.309 e. The van der Waals surface area contributed by atoms with E-state index in [9.17, 15) is 14.4 Å². The number of carbonyl (C=O) groups is 3. The van der Waals surface area contributed by atoms with Crippen molar-refractivity contribution in [3.8, 4) is 0 Å². The largest absolute Gasteiger partial charge is 0.469 e. The van der Waals surface area contributed by atoms with E-state index in [0.717, 1.165) is 0 Å². The first-order valence-corrected chi connectivity index (χ1v) is 7.78. The van der Waals surface area contributed by atoms with E-state index in [1.54, 1.807) is 48.8 Å². The van der Waals surface area contributed by atoms with E-state index in [1.807, 2.05) is 0 Å². The molecular weight excluding hydrogens is 322 g/mol. The van der Waals surface area contributed by atoms with Gasteiger partial charge in [-0.15, -0.1) is 0 Å². The van der Waals surface area contributed by atoms with Gasteiger partial charge in [0.05, 0.1) is 30.8 Å². The standard InChI is InChI=1S/C18H17N3O4/c1-25-18(24)15-9-14(15)17(23)20-12-6-4-11(5-7-12)16(22)21-13-3-2-8-19-10-13/h2-8,10,14-15H,9H2,1H3,(H,20,23)(H,21,22). The fraction of sp³-hybridized carbons (Fsp3) is 0.222. The molecule has 1 aromatic heterocycles. The Labute approximate surface area is 144 Å². The summed E-state index contributed by atoms with van der Waals surface area (Å²) in [5, 5.41) is 5.47. The molecule has 2 atom stereocenters. The van der Waals surface area contributed by atoms with Gasteiger partial charge in [0, 0.05) is 17.4 Å². The van der Waals surface area contributed by atoms with Crippen LogP contribution in [0.3, 0.4) is 0 Å². The van der Waals surface area contributed by atoms with Crippen molar-refractivity contribution in [2.75, 3.05) is 17.7 Å². The Bertz CT molecular complexity index is 790. The third-order valence-electron chi connectivity index (χ3n) is 3.97. The molecule has 1 saturated carbocycles. The van der Waals surface area contributed by atoms with Gasteiger partial charge in [0.25, 0.3) is 5.91 Å². The van der Waals surface area contributed by atoms with E-state index < -0.39 is 0 Å². The highest BCUT2D eigenvalue weighted by Gasteiger charge is 2.48. The summed E-state index contributed by atoms with van der Waals surface area (Å²) in [5.41, 5.74) is 1.63. The molecule has 0 saturated heterocycles. The number of amides is 2. The molecule has 0 spiro atoms. The minimum Gasteiger partial charge on any atom is -0.469 e. The molecule has 1 aromatic carbocycles. The second-order valence-electron chi connectivity index (χ2n) is 5.73. The summed E-state index contributed by atoms with van der Waals surface area (Å²) in [4.78, 5) is 39.5. The van der Waals surface area contributed by atoms with Gasteiger partial charge in [-0.2, -0.15) is 0 Å². The predicted molar refractivity (Wildman–Crippen MR) is 90.9 cm³/mol. The lowest BCUT2D eigenvalue weighted by Gasteiger charge is -2.07. The lowest BCUT2D eigenvalue weighted by molar-refractivity contribution is -0.143. The molecule has 128 valence electrons. The van der Waals surface area contributed by atoms with Gasteiger partial charge in [-0.05, 0) is 42.8 Å². The Kier molecular flexibility index (Phi) is 4.74. The van der Waals surface area contributed by atoms with Crippen LogP contribution >= 0.6 is 0 Å². The van der Waals surface area contributed by atoms with Crippen LogP contribution in [0.4, 0.5) is 11.4 Å². The number of pyridine rings is 1. The maximum atomic E-state index is 12.1. The topological polar surface area (TPSA) is 97.4 Å². The number of anilines is 2. The molecule has 1 aliphatic rings. The lowest BCUT2D eigenvalue weighted by Crippen LogP contribution is -2.17. The maximum Gasteiger partial charge on any atom is 0.309 e. The van der Waals surface area contributed by atoms with E-state index in [2.05, 4.69) is 20.4 Å². The molecule has 3 rings (SSSR count). The van der Waals surface area contributed by atoms with Crippen LogP contribution in [0.2, 0.25) is 0 Å². The Morgan fingerprint density at radius 3 is 2.44 bits per heavy atom. The average molecular weight is 339 g/mol. The first-order valence-electron chi connectivity index (χ1n) is 7.78. The van der Waals surface area contributed by atoms with E-state index in [4.69, 9.17) is 0 Å². The van der Waals surface area contributed by atoms with E-state index in [-0.39, 0.29) is 29.6 Å². The van der Waals surface area contributed by atoms with Crippen LogP contribution in [0.25, 0.3) is 0 Å². The summed E-state index contributed by atoms with van der Waals surface area (Å²) in [7, 11) is 1.31. The Morgan fingerprint density at radius 2 is 1.80 bits per heavy atom. The van der Waals surface area contributed by atoms with Crippen LogP contribution in [0.15, 0.2) is 48.8 Å². The fourth-order valence-electron chi connectivity index (χ4n) is 2.48. The molecule has 1 heterocycles. The minimum atomic E-state index is -0.359. The first kappa shape index (κ1) is 16.6. The Balaban J connectivity index is 1.56. The van der Waals surface area contributed by atoms with Crippen LogP contribution < -0.4 is 10.6 Å². The van der Waals surface area contributed by atoms with Gasteiger partial charge in [-0.3, -0.25) is 19.4 Å². The summed E-state index contributed by atoms with van der Waals surface area (Å²) in [5.74, 6) is -1.54. The Hall–Kier alpha value is -3.22. The van der Waals surface area contributed by atoms with Crippen molar-refractivity contribution in [1.29, 1.82) is 0 Å². The quantitative estimate of drug-likeness (QED) is 0.813. The number of hydrogen-bond donors (Lipinski definition) is 2. The molecule has 25 heavy (non-hydrogen) atoms. The number of carbonyl (C=O) groups excluding carboxylic acids is 3. The zero-order chi connectivity index (χ0) is 17.8. The fourth-order valence-corrected chi connectivity index (χ4v) is 2.48. The number of nitrogens with one attached hydrogen (secondary N) is 2. The monoisotopic (exact) mass is 339 g/mol. The molecule has 7 heteroatoms. The average Bonchev–Trinajstić information content (AvgIpc) is 3.43. The van der Waals surface area contributed by atoms with Gasteiger partial charge in [0.15, 0.2) is 0 Å². The number of ether oxygens (including phenoxy) is 1. The van der Waals surface area contributed by atoms with Crippen molar-refractivity contribution >= 4 is 29.2 Å². The summed E-state index contributed by atoms with van der Waals surface area (Å²) < 4.78 is 4.63. The highest BCUT2D eigenvalue weighted by Crippen LogP contribution is 2.40. The van der Waals surface area contributed by atoms with Gasteiger partial charge >= 0.3 is 5.97 Å². The first-order chi connectivity index (χ1) is 12.1. The van der Waals surface area contributed by atoms with Crippen LogP contribution in [0.1, 0.15) is 16.8 Å². The molecule has 1 fully saturated rings. The summed E-state index contributed by atoms with van der Waals surface area (Å²) in [6, 6.07) is 10.00. The third-order valence-corrected chi connectivity index (χ3v) is 3.97. The summed E-state index contributed by atoms with van der Waals surface area (Å²) in [6.07, 6.45) is 3.68. The third kappa shape index (κ3) is 4.00. The number of rotatable bonds is 5. The van der Waals surface area contributed by atoms with Gasteiger partial charge in [-0.25, -0.2) is 0 Å². The van der Waals surface area contributed by atoms with Crippen LogP contribution in [0.5, 0.6) is 0 Å². The highest BCUT2D eigenvalue weighted by molar-refractivity contribution is 6.04. The summed E-state index contributed by atoms with van der Waals surface area (Å²) in [6.45, 7) is 0. The molecule has 2 unspecified atom stereocenters. The van der Waals surface area contributed by atoms with Gasteiger partial charge in [-0.1, -0.05) is 0 Å². The van der Waals surface area contributed by atoms with Crippen LogP contribution in [-0.2, 0) is 14.3 Å². The number of nitrogens with zero attached hydrogens (tertiary/aromatic N) is 1. The van der Waals surface area contributed by atoms with E-state index in [0.29, 0.717) is 23.4 Å². The van der Waals surface area contributed by atoms with Gasteiger partial charge < -0.3 is 15.4 Å². The van der Waals surface area contributed by atoms with E-state index in [1.165, 1.54) is 7.11 Å². The molecule has 0 bridgehead atoms. The van der Waals surface area contributed by atoms with E-state index >= 15 is 0 Å². The molecule has 7 nitrogen and oxygen atoms in total. The number of methoxy groups -OCH3 is 1. The number of benzene rings is 1. The maximum absolute atomic E-state index is 12.1. The van der Waals surface area contributed by atoms with Crippen molar-refractivity contribution in [2.24, 2.45) is 11.8 Å². The lowest BCUT2D eigenvalue weighted by atomic mass is 10.2. The summed E-state index contributed by atoms with van der Waals surface area (Å²) >= 11 is 0. The highest BCUT2D eigenvalue weighted by atomic mass is 16.5. The second kappa shape index (κ2) is 7.12. The van der Waals surface area contributed by atoms with Crippen molar-refractivity contribution in [3.05, 3.63) is 54.4 Å². The van der Waals surface area contributed by atoms with Gasteiger partial charge in [0.1, 0.15) is 0 Å². The molecule has 2 amide bonds. The van der Waals surface area contributed by atoms with Crippen molar-refractivity contribution in [1.82, 2.24) is 4.98 Å². The predicted octanol–water partition coefficient (Wildman–Crippen LogP) is 2.08. The van der Waals surface area contributed by atoms with Crippen LogP contribution in [-0.4, -0.2) is 29.9 Å². The second-order valence-corrected chi connectivity index (χ2v) is 5.73. The van der Waals surface area contributed by atoms with Crippen molar-refractivity contribution < 1.29 is 19.1 Å². The van der Waals surface area contributed by atoms with Gasteiger partial charge in [0.2, 0.25) is 5.91 Å². The molecule has 1 aliphatic carbocycles. The Morgan fingerprint density at radius 1 is 1.04 bits per heavy atom. The molecule has 2 aromatic rings. The number of aromatic nitrogens is 1. The molecule has 2 N–H and O–H groups in total. The number of esters is 1. The zero-order valence-electron chi connectivity index (χ0n) is 13.6. The molecule has 0 aliphatic heterocycles. The number of hydrogen-bond acceptors (Lipinski definition) is 5.